The molecule has 1 amide bonds. The lowest BCUT2D eigenvalue weighted by atomic mass is 10.1. The Balaban J connectivity index is 1.66. The minimum Gasteiger partial charge on any atom is -0.481 e. The fourth-order valence-corrected chi connectivity index (χ4v) is 5.45. The number of halogens is 2. The largest absolute Gasteiger partial charge is 0.481 e. The number of thiocarbonyl (C=S) groups is 1. The summed E-state index contributed by atoms with van der Waals surface area (Å²) in [6.07, 6.45) is 4.07. The smallest absolute Gasteiger partial charge is 0.303 e. The molecule has 1 aliphatic rings. The molecule has 1 N–H and O–H groups in total. The van der Waals surface area contributed by atoms with Crippen LogP contribution in [0.5, 0.6) is 0 Å². The van der Waals surface area contributed by atoms with Gasteiger partial charge < -0.3 is 5.11 Å². The van der Waals surface area contributed by atoms with Gasteiger partial charge in [0.05, 0.1) is 4.91 Å². The van der Waals surface area contributed by atoms with Gasteiger partial charge in [0.1, 0.15) is 4.32 Å². The Morgan fingerprint density at radius 3 is 2.76 bits per heavy atom. The Labute approximate surface area is 192 Å². The number of carboxylic acids is 1. The number of carbonyl (C=O) groups is 2. The maximum atomic E-state index is 12.7. The van der Waals surface area contributed by atoms with Crippen LogP contribution < -0.4 is 0 Å². The van der Waals surface area contributed by atoms with Crippen molar-refractivity contribution in [1.82, 2.24) is 4.90 Å². The highest BCUT2D eigenvalue weighted by Gasteiger charge is 2.31. The Kier molecular flexibility index (Phi) is 7.76. The maximum Gasteiger partial charge on any atom is 0.303 e. The highest BCUT2D eigenvalue weighted by atomic mass is 35.5. The average Bonchev–Trinajstić information content (AvgIpc) is 3.23. The fraction of sp³-hybridized carbons (Fsp3) is 0.250. The molecule has 29 heavy (non-hydrogen) atoms. The summed E-state index contributed by atoms with van der Waals surface area (Å²) < 4.78 is 0.536. The van der Waals surface area contributed by atoms with Gasteiger partial charge in [0.25, 0.3) is 5.91 Å². The fourth-order valence-electron chi connectivity index (χ4n) is 2.83. The van der Waals surface area contributed by atoms with E-state index in [4.69, 9.17) is 40.5 Å². The lowest BCUT2D eigenvalue weighted by Gasteiger charge is -2.13. The zero-order valence-electron chi connectivity index (χ0n) is 15.2. The van der Waals surface area contributed by atoms with E-state index in [1.807, 2.05) is 23.6 Å². The molecule has 0 saturated carbocycles. The normalized spacial score (nSPS) is 15.5. The van der Waals surface area contributed by atoms with E-state index in [0.29, 0.717) is 32.2 Å². The van der Waals surface area contributed by atoms with Crippen LogP contribution in [0.4, 0.5) is 0 Å². The molecule has 0 unspecified atom stereocenters. The van der Waals surface area contributed by atoms with Crippen molar-refractivity contribution in [3.63, 3.8) is 0 Å². The van der Waals surface area contributed by atoms with E-state index in [0.717, 1.165) is 28.8 Å². The van der Waals surface area contributed by atoms with Crippen molar-refractivity contribution in [3.8, 4) is 11.1 Å². The zero-order chi connectivity index (χ0) is 21.0. The summed E-state index contributed by atoms with van der Waals surface area (Å²) in [6.45, 7) is 0.509. The van der Waals surface area contributed by atoms with Crippen LogP contribution in [0.15, 0.2) is 34.6 Å². The van der Waals surface area contributed by atoms with Gasteiger partial charge in [-0.15, -0.1) is 11.3 Å². The van der Waals surface area contributed by atoms with Crippen LogP contribution in [0, 0.1) is 0 Å². The quantitative estimate of drug-likeness (QED) is 0.260. The van der Waals surface area contributed by atoms with Crippen LogP contribution >= 0.6 is 58.5 Å². The first-order valence-electron chi connectivity index (χ1n) is 8.86. The van der Waals surface area contributed by atoms with Crippen molar-refractivity contribution in [1.29, 1.82) is 0 Å². The Bertz CT molecular complexity index is 987. The second-order valence-electron chi connectivity index (χ2n) is 6.40. The second-order valence-corrected chi connectivity index (χ2v) is 9.86. The standard InChI is InChI=1S/C20H17Cl2NO3S3/c21-13-5-6-16(22)15(9-13)12-8-14(28-11-12)10-17-19(26)23(20(27)29-17)7-3-1-2-4-18(24)25/h5-6,8-11H,1-4,7H2,(H,24,25). The molecule has 4 nitrogen and oxygen atoms in total. The summed E-state index contributed by atoms with van der Waals surface area (Å²) >= 11 is 20.5. The lowest BCUT2D eigenvalue weighted by molar-refractivity contribution is -0.137. The minimum atomic E-state index is -0.798. The summed E-state index contributed by atoms with van der Waals surface area (Å²) in [6, 6.07) is 7.30. The number of rotatable bonds is 8. The molecule has 9 heteroatoms. The maximum absolute atomic E-state index is 12.7. The van der Waals surface area contributed by atoms with E-state index in [-0.39, 0.29) is 12.3 Å². The van der Waals surface area contributed by atoms with Gasteiger partial charge in [-0.1, -0.05) is 53.6 Å². The summed E-state index contributed by atoms with van der Waals surface area (Å²) in [5, 5.41) is 11.9. The molecule has 2 aromatic rings. The van der Waals surface area contributed by atoms with Crippen molar-refractivity contribution in [2.24, 2.45) is 0 Å². The molecule has 1 saturated heterocycles. The van der Waals surface area contributed by atoms with Crippen LogP contribution in [0.3, 0.4) is 0 Å². The van der Waals surface area contributed by atoms with E-state index in [1.165, 1.54) is 23.1 Å². The first-order valence-corrected chi connectivity index (χ1v) is 11.7. The summed E-state index contributed by atoms with van der Waals surface area (Å²) in [5.74, 6) is -0.901. The molecule has 2 heterocycles. The monoisotopic (exact) mass is 485 g/mol. The number of benzene rings is 1. The van der Waals surface area contributed by atoms with Gasteiger partial charge in [0.15, 0.2) is 0 Å². The summed E-state index contributed by atoms with van der Waals surface area (Å²) in [4.78, 5) is 26.4. The van der Waals surface area contributed by atoms with E-state index in [9.17, 15) is 9.59 Å². The van der Waals surface area contributed by atoms with Gasteiger partial charge in [-0.3, -0.25) is 14.5 Å². The van der Waals surface area contributed by atoms with E-state index in [1.54, 1.807) is 17.0 Å². The Morgan fingerprint density at radius 1 is 1.21 bits per heavy atom. The van der Waals surface area contributed by atoms with Crippen LogP contribution in [0.2, 0.25) is 10.0 Å². The first-order chi connectivity index (χ1) is 13.8. The van der Waals surface area contributed by atoms with Crippen molar-refractivity contribution in [3.05, 3.63) is 49.5 Å². The van der Waals surface area contributed by atoms with Gasteiger partial charge >= 0.3 is 5.97 Å². The van der Waals surface area contributed by atoms with Crippen molar-refractivity contribution in [2.45, 2.75) is 25.7 Å². The van der Waals surface area contributed by atoms with Gasteiger partial charge in [-0.2, -0.15) is 0 Å². The third kappa shape index (κ3) is 5.83. The zero-order valence-corrected chi connectivity index (χ0v) is 19.2. The van der Waals surface area contributed by atoms with Gasteiger partial charge in [0.2, 0.25) is 0 Å². The number of thiophene rings is 1. The van der Waals surface area contributed by atoms with Gasteiger partial charge in [-0.25, -0.2) is 0 Å². The summed E-state index contributed by atoms with van der Waals surface area (Å²) in [5.41, 5.74) is 1.80. The predicted molar refractivity (Wildman–Crippen MR) is 126 cm³/mol. The number of carboxylic acid groups (broad SMARTS) is 1. The summed E-state index contributed by atoms with van der Waals surface area (Å²) in [7, 11) is 0. The SMILES string of the molecule is O=C(O)CCCCCN1C(=O)C(=Cc2cc(-c3cc(Cl)ccc3Cl)cs2)SC1=S. The molecule has 1 aliphatic heterocycles. The molecule has 152 valence electrons. The van der Waals surface area contributed by atoms with Crippen molar-refractivity contribution in [2.75, 3.05) is 6.54 Å². The van der Waals surface area contributed by atoms with Crippen LogP contribution in [0.1, 0.15) is 30.6 Å². The molecular weight excluding hydrogens is 469 g/mol. The van der Waals surface area contributed by atoms with Crippen LogP contribution in [0.25, 0.3) is 17.2 Å². The third-order valence-electron chi connectivity index (χ3n) is 4.28. The molecule has 0 atom stereocenters. The van der Waals surface area contributed by atoms with Crippen LogP contribution in [-0.4, -0.2) is 32.7 Å². The minimum absolute atomic E-state index is 0.103. The molecule has 0 spiro atoms. The van der Waals surface area contributed by atoms with Crippen LogP contribution in [-0.2, 0) is 9.59 Å². The van der Waals surface area contributed by atoms with E-state index < -0.39 is 5.97 Å². The van der Waals surface area contributed by atoms with Crippen molar-refractivity contribution >= 4 is 80.8 Å². The third-order valence-corrected chi connectivity index (χ3v) is 7.10. The molecule has 0 radical (unpaired) electrons. The first kappa shape index (κ1) is 22.3. The highest BCUT2D eigenvalue weighted by molar-refractivity contribution is 8.26. The Morgan fingerprint density at radius 2 is 2.00 bits per heavy atom. The van der Waals surface area contributed by atoms with Gasteiger partial charge in [0, 0.05) is 33.5 Å². The number of nitrogens with zero attached hydrogens (tertiary/aromatic N) is 1. The number of amides is 1. The number of unbranched alkanes of at least 4 members (excludes halogenated alkanes) is 2. The molecule has 3 rings (SSSR count). The van der Waals surface area contributed by atoms with E-state index >= 15 is 0 Å². The average molecular weight is 486 g/mol. The number of aliphatic carboxylic acids is 1. The van der Waals surface area contributed by atoms with Gasteiger partial charge in [-0.05, 0) is 54.1 Å². The lowest BCUT2D eigenvalue weighted by Crippen LogP contribution is -2.29. The predicted octanol–water partition coefficient (Wildman–Crippen LogP) is 6.57. The molecule has 1 aromatic heterocycles. The molecular formula is C20H17Cl2NO3S3. The van der Waals surface area contributed by atoms with E-state index in [2.05, 4.69) is 0 Å². The second kappa shape index (κ2) is 10.1. The number of thioether (sulfide) groups is 1. The topological polar surface area (TPSA) is 57.6 Å². The van der Waals surface area contributed by atoms with Crippen molar-refractivity contribution < 1.29 is 14.7 Å². The molecule has 0 bridgehead atoms. The number of carbonyl (C=O) groups excluding carboxylic acids is 1. The Hall–Kier alpha value is -1.38. The number of hydrogen-bond acceptors (Lipinski definition) is 5. The molecule has 1 fully saturated rings. The molecule has 0 aliphatic carbocycles. The number of hydrogen-bond donors (Lipinski definition) is 1. The highest BCUT2D eigenvalue weighted by Crippen LogP contribution is 2.37. The molecule has 1 aromatic carbocycles.